The second-order valence-corrected chi connectivity index (χ2v) is 6.66. The van der Waals surface area contributed by atoms with Crippen molar-refractivity contribution in [1.29, 1.82) is 0 Å². The van der Waals surface area contributed by atoms with Gasteiger partial charge < -0.3 is 20.3 Å². The zero-order valence-electron chi connectivity index (χ0n) is 15.8. The average molecular weight is 403 g/mol. The number of ether oxygens (including phenoxy) is 1. The third-order valence-electron chi connectivity index (χ3n) is 4.79. The lowest BCUT2D eigenvalue weighted by atomic mass is 10.2. The highest BCUT2D eigenvalue weighted by Gasteiger charge is 2.35. The molecule has 1 aliphatic heterocycles. The highest BCUT2D eigenvalue weighted by Crippen LogP contribution is 2.35. The van der Waals surface area contributed by atoms with E-state index in [4.69, 9.17) is 4.74 Å². The molecule has 0 unspecified atom stereocenters. The van der Waals surface area contributed by atoms with Crippen LogP contribution in [-0.4, -0.2) is 43.3 Å². The molecular formula is C20H20F3N5O. The molecule has 0 bridgehead atoms. The van der Waals surface area contributed by atoms with Crippen LogP contribution in [0.25, 0.3) is 10.9 Å². The normalized spacial score (nSPS) is 14.8. The van der Waals surface area contributed by atoms with Crippen LogP contribution < -0.4 is 20.3 Å². The Kier molecular flexibility index (Phi) is 5.14. The topological polar surface area (TPSA) is 62.3 Å². The molecule has 1 fully saturated rings. The van der Waals surface area contributed by atoms with E-state index in [-0.39, 0.29) is 16.9 Å². The second kappa shape index (κ2) is 7.75. The molecule has 0 atom stereocenters. The minimum absolute atomic E-state index is 0.0356. The first-order valence-electron chi connectivity index (χ1n) is 9.20. The number of anilines is 3. The molecule has 0 aliphatic carbocycles. The molecule has 4 rings (SSSR count). The summed E-state index contributed by atoms with van der Waals surface area (Å²) in [4.78, 5) is 10.2. The van der Waals surface area contributed by atoms with E-state index in [9.17, 15) is 13.2 Å². The van der Waals surface area contributed by atoms with Crippen LogP contribution in [0.15, 0.2) is 42.5 Å². The molecule has 0 amide bonds. The van der Waals surface area contributed by atoms with E-state index in [0.29, 0.717) is 11.4 Å². The summed E-state index contributed by atoms with van der Waals surface area (Å²) < 4.78 is 45.9. The van der Waals surface area contributed by atoms with Crippen molar-refractivity contribution in [2.24, 2.45) is 0 Å². The third-order valence-corrected chi connectivity index (χ3v) is 4.79. The molecule has 152 valence electrons. The quantitative estimate of drug-likeness (QED) is 0.691. The number of methoxy groups -OCH3 is 1. The Morgan fingerprint density at radius 3 is 2.55 bits per heavy atom. The molecule has 3 aromatic rings. The number of hydrogen-bond acceptors (Lipinski definition) is 6. The van der Waals surface area contributed by atoms with Crippen molar-refractivity contribution in [3.8, 4) is 5.75 Å². The van der Waals surface area contributed by atoms with Gasteiger partial charge in [-0.05, 0) is 18.2 Å². The van der Waals surface area contributed by atoms with Gasteiger partial charge in [0.2, 0.25) is 5.95 Å². The van der Waals surface area contributed by atoms with Crippen LogP contribution >= 0.6 is 0 Å². The number of nitrogens with one attached hydrogen (secondary N) is 2. The first-order valence-corrected chi connectivity index (χ1v) is 9.20. The van der Waals surface area contributed by atoms with Gasteiger partial charge in [-0.15, -0.1) is 0 Å². The van der Waals surface area contributed by atoms with Gasteiger partial charge in [0.1, 0.15) is 5.75 Å². The van der Waals surface area contributed by atoms with Gasteiger partial charge >= 0.3 is 6.18 Å². The lowest BCUT2D eigenvalue weighted by molar-refractivity contribution is -0.139. The fraction of sp³-hybridized carbons (Fsp3) is 0.300. The summed E-state index contributed by atoms with van der Waals surface area (Å²) in [6, 6.07) is 11.6. The Bertz CT molecular complexity index is 1020. The zero-order valence-corrected chi connectivity index (χ0v) is 15.8. The molecule has 6 nitrogen and oxygen atoms in total. The molecular weight excluding hydrogens is 383 g/mol. The van der Waals surface area contributed by atoms with Gasteiger partial charge in [-0.25, -0.2) is 9.97 Å². The summed E-state index contributed by atoms with van der Waals surface area (Å²) >= 11 is 0. The maximum atomic E-state index is 13.5. The summed E-state index contributed by atoms with van der Waals surface area (Å²) in [5.41, 5.74) is 0.731. The lowest BCUT2D eigenvalue weighted by Gasteiger charge is -2.30. The fourth-order valence-electron chi connectivity index (χ4n) is 3.37. The monoisotopic (exact) mass is 403 g/mol. The van der Waals surface area contributed by atoms with Gasteiger partial charge in [0.05, 0.1) is 18.3 Å². The molecule has 9 heteroatoms. The molecule has 2 heterocycles. The molecule has 0 saturated carbocycles. The SMILES string of the molecule is COc1cc(N2CCNCC2)ccc1Nc1nc(C(F)(F)F)c2ccccc2n1. The molecule has 2 aromatic carbocycles. The molecule has 1 aliphatic rings. The maximum Gasteiger partial charge on any atom is 0.434 e. The van der Waals surface area contributed by atoms with E-state index in [1.807, 2.05) is 12.1 Å². The number of piperazine rings is 1. The van der Waals surface area contributed by atoms with E-state index in [2.05, 4.69) is 25.5 Å². The molecule has 0 spiro atoms. The first-order chi connectivity index (χ1) is 14.0. The molecule has 2 N–H and O–H groups in total. The smallest absolute Gasteiger partial charge is 0.434 e. The lowest BCUT2D eigenvalue weighted by Crippen LogP contribution is -2.43. The highest BCUT2D eigenvalue weighted by atomic mass is 19.4. The first kappa shape index (κ1) is 19.3. The van der Waals surface area contributed by atoms with Crippen LogP contribution in [0.5, 0.6) is 5.75 Å². The number of para-hydroxylation sites is 1. The molecule has 1 saturated heterocycles. The summed E-state index contributed by atoms with van der Waals surface area (Å²) in [5.74, 6) is 0.371. The van der Waals surface area contributed by atoms with Gasteiger partial charge in [0.15, 0.2) is 5.69 Å². The fourth-order valence-corrected chi connectivity index (χ4v) is 3.37. The van der Waals surface area contributed by atoms with Crippen LogP contribution in [0.1, 0.15) is 5.69 Å². The number of nitrogens with zero attached hydrogens (tertiary/aromatic N) is 3. The Labute approximate surface area is 165 Å². The zero-order chi connectivity index (χ0) is 20.4. The summed E-state index contributed by atoms with van der Waals surface area (Å²) in [6.45, 7) is 3.54. The number of aromatic nitrogens is 2. The van der Waals surface area contributed by atoms with Crippen LogP contribution in [0.4, 0.5) is 30.5 Å². The average Bonchev–Trinajstić information content (AvgIpc) is 2.73. The number of hydrogen-bond donors (Lipinski definition) is 2. The van der Waals surface area contributed by atoms with Crippen molar-refractivity contribution in [2.75, 3.05) is 43.5 Å². The summed E-state index contributed by atoms with van der Waals surface area (Å²) in [6.07, 6.45) is -4.59. The van der Waals surface area contributed by atoms with Gasteiger partial charge in [0, 0.05) is 43.3 Å². The van der Waals surface area contributed by atoms with Crippen molar-refractivity contribution in [3.05, 3.63) is 48.2 Å². The number of benzene rings is 2. The van der Waals surface area contributed by atoms with Crippen molar-refractivity contribution in [2.45, 2.75) is 6.18 Å². The Morgan fingerprint density at radius 1 is 1.07 bits per heavy atom. The minimum Gasteiger partial charge on any atom is -0.494 e. The Balaban J connectivity index is 1.69. The minimum atomic E-state index is -4.59. The van der Waals surface area contributed by atoms with E-state index in [1.165, 1.54) is 25.3 Å². The molecule has 0 radical (unpaired) electrons. The van der Waals surface area contributed by atoms with Gasteiger partial charge in [-0.2, -0.15) is 13.2 Å². The Hall–Kier alpha value is -3.07. The van der Waals surface area contributed by atoms with Crippen molar-refractivity contribution in [1.82, 2.24) is 15.3 Å². The maximum absolute atomic E-state index is 13.5. The predicted octanol–water partition coefficient (Wildman–Crippen LogP) is 3.81. The van der Waals surface area contributed by atoms with E-state index in [0.717, 1.165) is 31.9 Å². The van der Waals surface area contributed by atoms with E-state index in [1.54, 1.807) is 12.1 Å². The number of alkyl halides is 3. The van der Waals surface area contributed by atoms with E-state index < -0.39 is 11.9 Å². The van der Waals surface area contributed by atoms with Gasteiger partial charge in [0.25, 0.3) is 0 Å². The highest BCUT2D eigenvalue weighted by molar-refractivity contribution is 5.83. The van der Waals surface area contributed by atoms with Gasteiger partial charge in [-0.3, -0.25) is 0 Å². The van der Waals surface area contributed by atoms with Crippen LogP contribution in [0, 0.1) is 0 Å². The third kappa shape index (κ3) is 4.04. The largest absolute Gasteiger partial charge is 0.494 e. The predicted molar refractivity (Wildman–Crippen MR) is 106 cm³/mol. The van der Waals surface area contributed by atoms with Crippen molar-refractivity contribution < 1.29 is 17.9 Å². The van der Waals surface area contributed by atoms with Gasteiger partial charge in [-0.1, -0.05) is 18.2 Å². The second-order valence-electron chi connectivity index (χ2n) is 6.66. The number of fused-ring (bicyclic) bond motifs is 1. The van der Waals surface area contributed by atoms with Crippen molar-refractivity contribution >= 4 is 28.2 Å². The standard InChI is InChI=1S/C20H20F3N5O/c1-29-17-12-13(28-10-8-24-9-11-28)6-7-16(17)26-19-25-15-5-3-2-4-14(15)18(27-19)20(21,22)23/h2-7,12,24H,8-11H2,1H3,(H,25,26,27). The molecule has 29 heavy (non-hydrogen) atoms. The van der Waals surface area contributed by atoms with Crippen LogP contribution in [0.2, 0.25) is 0 Å². The Morgan fingerprint density at radius 2 is 1.83 bits per heavy atom. The van der Waals surface area contributed by atoms with E-state index >= 15 is 0 Å². The summed E-state index contributed by atoms with van der Waals surface area (Å²) in [7, 11) is 1.52. The summed E-state index contributed by atoms with van der Waals surface area (Å²) in [5, 5.41) is 6.14. The van der Waals surface area contributed by atoms with Crippen LogP contribution in [-0.2, 0) is 6.18 Å². The number of halogens is 3. The molecule has 1 aromatic heterocycles. The van der Waals surface area contributed by atoms with Crippen LogP contribution in [0.3, 0.4) is 0 Å². The number of rotatable bonds is 4. The van der Waals surface area contributed by atoms with Crippen molar-refractivity contribution in [3.63, 3.8) is 0 Å².